The van der Waals surface area contributed by atoms with Gasteiger partial charge in [-0.05, 0) is 40.0 Å². The second kappa shape index (κ2) is 8.15. The van der Waals surface area contributed by atoms with E-state index in [4.69, 9.17) is 14.0 Å². The Morgan fingerprint density at radius 1 is 1.42 bits per heavy atom. The number of esters is 1. The molecule has 0 aromatic carbocycles. The van der Waals surface area contributed by atoms with Crippen molar-refractivity contribution < 1.29 is 18.8 Å². The predicted molar refractivity (Wildman–Crippen MR) is 76.2 cm³/mol. The summed E-state index contributed by atoms with van der Waals surface area (Å²) in [5.41, 5.74) is 0. The Balaban J connectivity index is 2.09. The fourth-order valence-corrected chi connectivity index (χ4v) is 2.51. The van der Waals surface area contributed by atoms with Crippen LogP contribution in [0.15, 0.2) is 0 Å². The van der Waals surface area contributed by atoms with Crippen molar-refractivity contribution in [1.29, 1.82) is 0 Å². The molecule has 5 atom stereocenters. The third-order valence-electron chi connectivity index (χ3n) is 3.17. The second-order valence-electron chi connectivity index (χ2n) is 5.44. The Kier molecular flexibility index (Phi) is 7.22. The highest BCUT2D eigenvalue weighted by Crippen LogP contribution is 2.26. The van der Waals surface area contributed by atoms with Crippen molar-refractivity contribution >= 4 is 14.9 Å². The standard InChI is InChI=1S/C13H26NO4P/c1-8(2)17-13(15)10(4)14-19-16-7-12-6-9(3)11(5)18-12/h8-12,14,19H,6-7H2,1-5H3. The third kappa shape index (κ3) is 6.17. The van der Waals surface area contributed by atoms with E-state index in [1.807, 2.05) is 13.8 Å². The molecule has 1 fully saturated rings. The molecule has 1 aliphatic heterocycles. The van der Waals surface area contributed by atoms with Gasteiger partial charge in [-0.3, -0.25) is 9.88 Å². The van der Waals surface area contributed by atoms with Crippen LogP contribution in [0.2, 0.25) is 0 Å². The Bertz CT molecular complexity index is 278. The van der Waals surface area contributed by atoms with E-state index in [2.05, 4.69) is 18.9 Å². The van der Waals surface area contributed by atoms with E-state index < -0.39 is 0 Å². The summed E-state index contributed by atoms with van der Waals surface area (Å²) in [6, 6.07) is -0.344. The maximum Gasteiger partial charge on any atom is 0.323 e. The van der Waals surface area contributed by atoms with Gasteiger partial charge in [0.1, 0.15) is 6.04 Å². The summed E-state index contributed by atoms with van der Waals surface area (Å²) < 4.78 is 16.4. The molecule has 0 spiro atoms. The first-order chi connectivity index (χ1) is 8.90. The summed E-state index contributed by atoms with van der Waals surface area (Å²) in [7, 11) is 0.0820. The summed E-state index contributed by atoms with van der Waals surface area (Å²) in [6.07, 6.45) is 1.44. The molecule has 0 aromatic rings. The van der Waals surface area contributed by atoms with Crippen LogP contribution in [0.25, 0.3) is 0 Å². The highest BCUT2D eigenvalue weighted by Gasteiger charge is 2.28. The smallest absolute Gasteiger partial charge is 0.323 e. The number of hydrogen-bond acceptors (Lipinski definition) is 5. The van der Waals surface area contributed by atoms with Crippen LogP contribution in [-0.4, -0.2) is 36.9 Å². The lowest BCUT2D eigenvalue weighted by Gasteiger charge is -2.16. The lowest BCUT2D eigenvalue weighted by Crippen LogP contribution is -2.32. The molecule has 1 saturated heterocycles. The molecule has 1 heterocycles. The van der Waals surface area contributed by atoms with E-state index in [9.17, 15) is 4.79 Å². The lowest BCUT2D eigenvalue weighted by atomic mass is 10.0. The average Bonchev–Trinajstić information content (AvgIpc) is 2.63. The molecule has 1 aliphatic rings. The van der Waals surface area contributed by atoms with Crippen LogP contribution in [0, 0.1) is 5.92 Å². The number of nitrogens with one attached hydrogen (secondary N) is 1. The van der Waals surface area contributed by atoms with Gasteiger partial charge < -0.3 is 14.0 Å². The van der Waals surface area contributed by atoms with Gasteiger partial charge in [-0.2, -0.15) is 0 Å². The van der Waals surface area contributed by atoms with E-state index >= 15 is 0 Å². The average molecular weight is 291 g/mol. The van der Waals surface area contributed by atoms with Gasteiger partial charge in [0.2, 0.25) is 0 Å². The zero-order valence-corrected chi connectivity index (χ0v) is 13.4. The maximum atomic E-state index is 11.5. The number of carbonyl (C=O) groups excluding carboxylic acids is 1. The Labute approximate surface area is 117 Å². The van der Waals surface area contributed by atoms with Crippen molar-refractivity contribution in [3.63, 3.8) is 0 Å². The van der Waals surface area contributed by atoms with E-state index in [1.54, 1.807) is 6.92 Å². The van der Waals surface area contributed by atoms with Crippen LogP contribution < -0.4 is 5.09 Å². The summed E-state index contributed by atoms with van der Waals surface area (Å²) in [5, 5.41) is 3.01. The fraction of sp³-hybridized carbons (Fsp3) is 0.923. The molecule has 0 aromatic heterocycles. The molecule has 0 radical (unpaired) electrons. The molecule has 0 saturated carbocycles. The van der Waals surface area contributed by atoms with Crippen LogP contribution in [0.3, 0.4) is 0 Å². The predicted octanol–water partition coefficient (Wildman–Crippen LogP) is 2.25. The van der Waals surface area contributed by atoms with E-state index in [0.29, 0.717) is 18.6 Å². The van der Waals surface area contributed by atoms with Gasteiger partial charge in [0, 0.05) is 0 Å². The number of hydrogen-bond donors (Lipinski definition) is 1. The van der Waals surface area contributed by atoms with Gasteiger partial charge in [-0.1, -0.05) is 6.92 Å². The van der Waals surface area contributed by atoms with Gasteiger partial charge in [0.25, 0.3) is 0 Å². The summed E-state index contributed by atoms with van der Waals surface area (Å²) >= 11 is 0. The van der Waals surface area contributed by atoms with Gasteiger partial charge in [0.15, 0.2) is 0 Å². The van der Waals surface area contributed by atoms with Gasteiger partial charge in [0.05, 0.1) is 33.9 Å². The molecule has 112 valence electrons. The normalized spacial score (nSPS) is 29.3. The van der Waals surface area contributed by atoms with Crippen molar-refractivity contribution in [2.24, 2.45) is 5.92 Å². The zero-order valence-electron chi connectivity index (χ0n) is 12.4. The van der Waals surface area contributed by atoms with Crippen LogP contribution in [-0.2, 0) is 18.8 Å². The van der Waals surface area contributed by atoms with Crippen LogP contribution in [0.1, 0.15) is 41.0 Å². The van der Waals surface area contributed by atoms with Gasteiger partial charge in [-0.25, -0.2) is 0 Å². The molecule has 0 aliphatic carbocycles. The minimum atomic E-state index is -0.344. The molecular weight excluding hydrogens is 265 g/mol. The van der Waals surface area contributed by atoms with Crippen molar-refractivity contribution in [2.45, 2.75) is 65.4 Å². The van der Waals surface area contributed by atoms with E-state index in [1.165, 1.54) is 0 Å². The SMILES string of the molecule is CC(C)OC(=O)C(C)NPOCC1CC(C)C(C)O1. The zero-order chi connectivity index (χ0) is 14.4. The van der Waals surface area contributed by atoms with Crippen LogP contribution in [0.5, 0.6) is 0 Å². The van der Waals surface area contributed by atoms with E-state index in [-0.39, 0.29) is 33.2 Å². The first kappa shape index (κ1) is 16.8. The molecule has 0 bridgehead atoms. The van der Waals surface area contributed by atoms with Crippen molar-refractivity contribution in [1.82, 2.24) is 5.09 Å². The molecular formula is C13H26NO4P. The van der Waals surface area contributed by atoms with Crippen LogP contribution >= 0.6 is 8.96 Å². The Morgan fingerprint density at radius 2 is 2.11 bits per heavy atom. The summed E-state index contributed by atoms with van der Waals surface area (Å²) in [4.78, 5) is 11.5. The van der Waals surface area contributed by atoms with Crippen LogP contribution in [0.4, 0.5) is 0 Å². The second-order valence-corrected chi connectivity index (χ2v) is 6.22. The summed E-state index contributed by atoms with van der Waals surface area (Å²) in [5.74, 6) is 0.343. The monoisotopic (exact) mass is 291 g/mol. The maximum absolute atomic E-state index is 11.5. The number of rotatable bonds is 7. The van der Waals surface area contributed by atoms with Gasteiger partial charge >= 0.3 is 5.97 Å². The lowest BCUT2D eigenvalue weighted by molar-refractivity contribution is -0.148. The quantitative estimate of drug-likeness (QED) is 0.443. The minimum absolute atomic E-state index is 0.0820. The Hall–Kier alpha value is -0.220. The molecule has 1 N–H and O–H groups in total. The molecule has 5 nitrogen and oxygen atoms in total. The molecule has 1 rings (SSSR count). The molecule has 5 unspecified atom stereocenters. The first-order valence-corrected chi connectivity index (χ1v) is 7.79. The topological polar surface area (TPSA) is 56.8 Å². The largest absolute Gasteiger partial charge is 0.462 e. The highest BCUT2D eigenvalue weighted by atomic mass is 31.1. The highest BCUT2D eigenvalue weighted by molar-refractivity contribution is 7.29. The molecule has 19 heavy (non-hydrogen) atoms. The fourth-order valence-electron chi connectivity index (χ4n) is 1.86. The van der Waals surface area contributed by atoms with Gasteiger partial charge in [-0.15, -0.1) is 0 Å². The number of ether oxygens (including phenoxy) is 2. The third-order valence-corrected chi connectivity index (χ3v) is 4.03. The van der Waals surface area contributed by atoms with Crippen molar-refractivity contribution in [2.75, 3.05) is 6.61 Å². The first-order valence-electron chi connectivity index (χ1n) is 6.88. The molecule has 6 heteroatoms. The number of carbonyl (C=O) groups is 1. The minimum Gasteiger partial charge on any atom is -0.462 e. The molecule has 0 amide bonds. The Morgan fingerprint density at radius 3 is 2.63 bits per heavy atom. The van der Waals surface area contributed by atoms with Crippen molar-refractivity contribution in [3.8, 4) is 0 Å². The van der Waals surface area contributed by atoms with Crippen molar-refractivity contribution in [3.05, 3.63) is 0 Å². The summed E-state index contributed by atoms with van der Waals surface area (Å²) in [6.45, 7) is 10.3. The van der Waals surface area contributed by atoms with E-state index in [0.717, 1.165) is 6.42 Å².